The predicted molar refractivity (Wildman–Crippen MR) is 62.8 cm³/mol. The normalized spacial score (nSPS) is 26.8. The van der Waals surface area contributed by atoms with Crippen molar-refractivity contribution in [1.29, 1.82) is 0 Å². The third-order valence-corrected chi connectivity index (χ3v) is 3.61. The van der Waals surface area contributed by atoms with Crippen molar-refractivity contribution in [1.82, 2.24) is 4.90 Å². The molecule has 0 amide bonds. The zero-order chi connectivity index (χ0) is 10.6. The SMILES string of the molecule is CC(C)OCC(N)C1CSCCN1C. The van der Waals surface area contributed by atoms with Gasteiger partial charge in [0.25, 0.3) is 0 Å². The number of rotatable bonds is 4. The highest BCUT2D eigenvalue weighted by molar-refractivity contribution is 7.99. The molecule has 0 radical (unpaired) electrons. The first-order valence-electron chi connectivity index (χ1n) is 5.26. The number of likely N-dealkylation sites (N-methyl/N-ethyl adjacent to an activating group) is 1. The highest BCUT2D eigenvalue weighted by atomic mass is 32.2. The molecule has 2 atom stereocenters. The number of hydrogen-bond acceptors (Lipinski definition) is 4. The van der Waals surface area contributed by atoms with Crippen LogP contribution in [0.4, 0.5) is 0 Å². The fraction of sp³-hybridized carbons (Fsp3) is 1.00. The molecule has 0 bridgehead atoms. The minimum absolute atomic E-state index is 0.148. The Labute approximate surface area is 91.4 Å². The van der Waals surface area contributed by atoms with Crippen molar-refractivity contribution >= 4 is 11.8 Å². The van der Waals surface area contributed by atoms with Crippen molar-refractivity contribution in [3.63, 3.8) is 0 Å². The van der Waals surface area contributed by atoms with Crippen LogP contribution in [-0.2, 0) is 4.74 Å². The fourth-order valence-electron chi connectivity index (χ4n) is 1.57. The van der Waals surface area contributed by atoms with E-state index >= 15 is 0 Å². The quantitative estimate of drug-likeness (QED) is 0.757. The number of thioether (sulfide) groups is 1. The Balaban J connectivity index is 2.30. The van der Waals surface area contributed by atoms with Crippen molar-refractivity contribution in [3.8, 4) is 0 Å². The van der Waals surface area contributed by atoms with Crippen LogP contribution < -0.4 is 5.73 Å². The number of nitrogens with zero attached hydrogens (tertiary/aromatic N) is 1. The van der Waals surface area contributed by atoms with Gasteiger partial charge in [-0.3, -0.25) is 0 Å². The third-order valence-electron chi connectivity index (χ3n) is 2.56. The number of nitrogens with two attached hydrogens (primary N) is 1. The molecule has 84 valence electrons. The van der Waals surface area contributed by atoms with Gasteiger partial charge in [0, 0.05) is 30.1 Å². The second-order valence-corrected chi connectivity index (χ2v) is 5.32. The molecule has 0 saturated carbocycles. The predicted octanol–water partition coefficient (Wildman–Crippen LogP) is 0.786. The summed E-state index contributed by atoms with van der Waals surface area (Å²) in [6, 6.07) is 0.627. The van der Waals surface area contributed by atoms with Crippen molar-refractivity contribution in [2.24, 2.45) is 5.73 Å². The second kappa shape index (κ2) is 5.95. The van der Waals surface area contributed by atoms with E-state index < -0.39 is 0 Å². The molecule has 1 rings (SSSR count). The lowest BCUT2D eigenvalue weighted by atomic mass is 10.1. The van der Waals surface area contributed by atoms with Gasteiger partial charge in [0.2, 0.25) is 0 Å². The first kappa shape index (κ1) is 12.3. The van der Waals surface area contributed by atoms with Gasteiger partial charge in [0.15, 0.2) is 0 Å². The fourth-order valence-corrected chi connectivity index (χ4v) is 2.90. The van der Waals surface area contributed by atoms with Crippen molar-refractivity contribution in [3.05, 3.63) is 0 Å². The summed E-state index contributed by atoms with van der Waals surface area (Å²) in [5.41, 5.74) is 6.11. The Morgan fingerprint density at radius 2 is 2.29 bits per heavy atom. The average molecular weight is 218 g/mol. The van der Waals surface area contributed by atoms with E-state index in [1.165, 1.54) is 5.75 Å². The smallest absolute Gasteiger partial charge is 0.0636 e. The van der Waals surface area contributed by atoms with Gasteiger partial charge < -0.3 is 15.4 Å². The van der Waals surface area contributed by atoms with E-state index in [-0.39, 0.29) is 12.1 Å². The number of hydrogen-bond donors (Lipinski definition) is 1. The average Bonchev–Trinajstić information content (AvgIpc) is 2.15. The second-order valence-electron chi connectivity index (χ2n) is 4.17. The van der Waals surface area contributed by atoms with Gasteiger partial charge in [-0.1, -0.05) is 0 Å². The van der Waals surface area contributed by atoms with Crippen LogP contribution in [0.3, 0.4) is 0 Å². The van der Waals surface area contributed by atoms with Gasteiger partial charge in [-0.2, -0.15) is 11.8 Å². The molecule has 1 heterocycles. The minimum Gasteiger partial charge on any atom is -0.377 e. The molecular formula is C10H22N2OS. The van der Waals surface area contributed by atoms with E-state index in [4.69, 9.17) is 10.5 Å². The molecular weight excluding hydrogens is 196 g/mol. The van der Waals surface area contributed by atoms with Crippen LogP contribution in [0.2, 0.25) is 0 Å². The Morgan fingerprint density at radius 1 is 1.57 bits per heavy atom. The molecule has 3 nitrogen and oxygen atoms in total. The summed E-state index contributed by atoms with van der Waals surface area (Å²) in [4.78, 5) is 2.35. The maximum atomic E-state index is 6.11. The lowest BCUT2D eigenvalue weighted by Gasteiger charge is -2.36. The highest BCUT2D eigenvalue weighted by Gasteiger charge is 2.25. The molecule has 0 aromatic heterocycles. The van der Waals surface area contributed by atoms with Crippen molar-refractivity contribution in [2.45, 2.75) is 32.0 Å². The Bertz CT molecular complexity index is 166. The monoisotopic (exact) mass is 218 g/mol. The van der Waals surface area contributed by atoms with Gasteiger partial charge in [0.05, 0.1) is 12.7 Å². The van der Waals surface area contributed by atoms with Gasteiger partial charge in [0.1, 0.15) is 0 Å². The summed E-state index contributed by atoms with van der Waals surface area (Å²) in [5.74, 6) is 2.36. The first-order valence-corrected chi connectivity index (χ1v) is 6.42. The highest BCUT2D eigenvalue weighted by Crippen LogP contribution is 2.16. The molecule has 0 aromatic carbocycles. The minimum atomic E-state index is 0.148. The molecule has 0 spiro atoms. The van der Waals surface area contributed by atoms with Gasteiger partial charge in [-0.25, -0.2) is 0 Å². The van der Waals surface area contributed by atoms with E-state index in [2.05, 4.69) is 11.9 Å². The molecule has 0 aromatic rings. The summed E-state index contributed by atoms with van der Waals surface area (Å²) in [7, 11) is 2.15. The van der Waals surface area contributed by atoms with Crippen LogP contribution in [0.25, 0.3) is 0 Å². The van der Waals surface area contributed by atoms with Crippen LogP contribution in [0.1, 0.15) is 13.8 Å². The molecule has 1 aliphatic rings. The molecule has 2 unspecified atom stereocenters. The zero-order valence-corrected chi connectivity index (χ0v) is 10.2. The molecule has 0 aliphatic carbocycles. The molecule has 1 fully saturated rings. The number of ether oxygens (including phenoxy) is 1. The largest absolute Gasteiger partial charge is 0.377 e. The first-order chi connectivity index (χ1) is 6.61. The van der Waals surface area contributed by atoms with Crippen molar-refractivity contribution in [2.75, 3.05) is 31.7 Å². The van der Waals surface area contributed by atoms with E-state index in [1.807, 2.05) is 25.6 Å². The molecule has 4 heteroatoms. The van der Waals surface area contributed by atoms with Gasteiger partial charge >= 0.3 is 0 Å². The molecule has 1 saturated heterocycles. The van der Waals surface area contributed by atoms with Gasteiger partial charge in [-0.05, 0) is 20.9 Å². The Kier molecular flexibility index (Phi) is 5.23. The summed E-state index contributed by atoms with van der Waals surface area (Å²) in [6.45, 7) is 5.91. The van der Waals surface area contributed by atoms with Crippen LogP contribution in [0, 0.1) is 0 Å². The lowest BCUT2D eigenvalue weighted by molar-refractivity contribution is 0.0512. The van der Waals surface area contributed by atoms with E-state index in [0.717, 1.165) is 12.3 Å². The van der Waals surface area contributed by atoms with Crippen molar-refractivity contribution < 1.29 is 4.74 Å². The van der Waals surface area contributed by atoms with Crippen LogP contribution in [0.5, 0.6) is 0 Å². The van der Waals surface area contributed by atoms with E-state index in [9.17, 15) is 0 Å². The van der Waals surface area contributed by atoms with Crippen LogP contribution >= 0.6 is 11.8 Å². The molecule has 14 heavy (non-hydrogen) atoms. The zero-order valence-electron chi connectivity index (χ0n) is 9.40. The van der Waals surface area contributed by atoms with Gasteiger partial charge in [-0.15, -0.1) is 0 Å². The van der Waals surface area contributed by atoms with Crippen LogP contribution in [-0.4, -0.2) is 54.8 Å². The molecule has 2 N–H and O–H groups in total. The van der Waals surface area contributed by atoms with E-state index in [0.29, 0.717) is 12.6 Å². The topological polar surface area (TPSA) is 38.5 Å². The standard InChI is InChI=1S/C10H22N2OS/c1-8(2)13-6-9(11)10-7-14-5-4-12(10)3/h8-10H,4-7,11H2,1-3H3. The third kappa shape index (κ3) is 3.77. The molecule has 1 aliphatic heterocycles. The Hall–Kier alpha value is 0.230. The van der Waals surface area contributed by atoms with Crippen LogP contribution in [0.15, 0.2) is 0 Å². The lowest BCUT2D eigenvalue weighted by Crippen LogP contribution is -2.52. The summed E-state index contributed by atoms with van der Waals surface area (Å²) in [6.07, 6.45) is 0.280. The maximum Gasteiger partial charge on any atom is 0.0636 e. The summed E-state index contributed by atoms with van der Waals surface area (Å²) < 4.78 is 5.54. The summed E-state index contributed by atoms with van der Waals surface area (Å²) in [5, 5.41) is 0. The van der Waals surface area contributed by atoms with E-state index in [1.54, 1.807) is 0 Å². The maximum absolute atomic E-state index is 6.11. The summed E-state index contributed by atoms with van der Waals surface area (Å²) >= 11 is 1.99. The Morgan fingerprint density at radius 3 is 2.86 bits per heavy atom.